The molecule has 1 atom stereocenters. The molecule has 1 aromatic rings. The summed E-state index contributed by atoms with van der Waals surface area (Å²) in [5, 5.41) is 32.1. The van der Waals surface area contributed by atoms with E-state index in [2.05, 4.69) is 0 Å². The first kappa shape index (κ1) is 12.9. The van der Waals surface area contributed by atoms with E-state index < -0.39 is 21.6 Å². The van der Waals surface area contributed by atoms with E-state index in [0.717, 1.165) is 6.08 Å². The highest BCUT2D eigenvalue weighted by Crippen LogP contribution is 2.33. The molecule has 1 aliphatic carbocycles. The number of allylic oxidation sites excluding steroid dienone is 2. The van der Waals surface area contributed by atoms with Gasteiger partial charge in [0.1, 0.15) is 9.85 Å². The van der Waals surface area contributed by atoms with Gasteiger partial charge in [0.15, 0.2) is 0 Å². The average molecular weight is 262 g/mol. The molecular formula is C12H10N2O5. The van der Waals surface area contributed by atoms with Crippen molar-refractivity contribution in [3.8, 4) is 0 Å². The smallest absolute Gasteiger partial charge is 0.375 e. The van der Waals surface area contributed by atoms with Gasteiger partial charge in [0.05, 0.1) is 6.08 Å². The summed E-state index contributed by atoms with van der Waals surface area (Å²) in [6.45, 7) is 0. The van der Waals surface area contributed by atoms with Crippen LogP contribution in [0, 0.1) is 20.2 Å². The Morgan fingerprint density at radius 2 is 1.68 bits per heavy atom. The maximum absolute atomic E-state index is 11.0. The van der Waals surface area contributed by atoms with Crippen LogP contribution in [0.1, 0.15) is 5.56 Å². The first-order valence-corrected chi connectivity index (χ1v) is 5.42. The number of benzene rings is 1. The molecule has 0 bridgehead atoms. The zero-order chi connectivity index (χ0) is 14.0. The Morgan fingerprint density at radius 3 is 2.21 bits per heavy atom. The Kier molecular flexibility index (Phi) is 3.14. The van der Waals surface area contributed by atoms with Crippen LogP contribution in [-0.2, 0) is 0 Å². The minimum Gasteiger partial charge on any atom is -0.375 e. The van der Waals surface area contributed by atoms with Crippen molar-refractivity contribution in [3.05, 3.63) is 74.4 Å². The van der Waals surface area contributed by atoms with E-state index in [1.807, 2.05) is 0 Å². The molecular weight excluding hydrogens is 252 g/mol. The Hall–Kier alpha value is -2.54. The fourth-order valence-electron chi connectivity index (χ4n) is 1.98. The lowest BCUT2D eigenvalue weighted by atomic mass is 9.87. The predicted molar refractivity (Wildman–Crippen MR) is 66.3 cm³/mol. The van der Waals surface area contributed by atoms with Gasteiger partial charge in [0, 0.05) is 5.57 Å². The summed E-state index contributed by atoms with van der Waals surface area (Å²) in [5.74, 6) is 0. The van der Waals surface area contributed by atoms with Crippen molar-refractivity contribution in [2.75, 3.05) is 0 Å². The molecule has 98 valence electrons. The monoisotopic (exact) mass is 262 g/mol. The molecule has 19 heavy (non-hydrogen) atoms. The van der Waals surface area contributed by atoms with E-state index in [-0.39, 0.29) is 5.57 Å². The fourth-order valence-corrected chi connectivity index (χ4v) is 1.98. The van der Waals surface area contributed by atoms with Gasteiger partial charge in [-0.15, -0.1) is 0 Å². The van der Waals surface area contributed by atoms with Gasteiger partial charge in [-0.2, -0.15) is 0 Å². The maximum atomic E-state index is 11.0. The summed E-state index contributed by atoms with van der Waals surface area (Å²) in [6, 6.07) is 8.35. The Bertz CT molecular complexity index is 565. The van der Waals surface area contributed by atoms with Crippen LogP contribution in [0.2, 0.25) is 0 Å². The number of rotatable bonds is 3. The second-order valence-corrected chi connectivity index (χ2v) is 4.05. The van der Waals surface area contributed by atoms with Crippen molar-refractivity contribution >= 4 is 5.57 Å². The van der Waals surface area contributed by atoms with Gasteiger partial charge in [-0.1, -0.05) is 42.5 Å². The number of aliphatic hydroxyl groups is 1. The van der Waals surface area contributed by atoms with E-state index in [0.29, 0.717) is 5.56 Å². The molecule has 0 heterocycles. The Balaban J connectivity index is 2.52. The molecule has 0 radical (unpaired) electrons. The van der Waals surface area contributed by atoms with Gasteiger partial charge < -0.3 is 5.11 Å². The molecule has 0 amide bonds. The van der Waals surface area contributed by atoms with Gasteiger partial charge in [-0.3, -0.25) is 20.2 Å². The standard InChI is InChI=1S/C12H10N2O5/c15-11-10(9-5-2-1-3-6-9)7-4-8-12(11,13(16)17)14(18)19/h1-8,11,15H. The van der Waals surface area contributed by atoms with Crippen molar-refractivity contribution < 1.29 is 15.0 Å². The quantitative estimate of drug-likeness (QED) is 0.501. The lowest BCUT2D eigenvalue weighted by Gasteiger charge is -2.23. The summed E-state index contributed by atoms with van der Waals surface area (Å²) in [6.07, 6.45) is 1.61. The first-order chi connectivity index (χ1) is 9.00. The second-order valence-electron chi connectivity index (χ2n) is 4.05. The molecule has 1 unspecified atom stereocenters. The molecule has 0 saturated heterocycles. The van der Waals surface area contributed by atoms with Gasteiger partial charge >= 0.3 is 5.66 Å². The number of hydrogen-bond acceptors (Lipinski definition) is 5. The van der Waals surface area contributed by atoms with Gasteiger partial charge in [0.2, 0.25) is 6.10 Å². The largest absolute Gasteiger partial charge is 0.506 e. The fraction of sp³-hybridized carbons (Fsp3) is 0.167. The minimum atomic E-state index is -2.74. The third-order valence-corrected chi connectivity index (χ3v) is 3.01. The highest BCUT2D eigenvalue weighted by Gasteiger charge is 2.62. The topological polar surface area (TPSA) is 107 Å². The van der Waals surface area contributed by atoms with E-state index in [4.69, 9.17) is 0 Å². The van der Waals surface area contributed by atoms with Crippen LogP contribution in [0.25, 0.3) is 5.57 Å². The van der Waals surface area contributed by atoms with E-state index >= 15 is 0 Å². The molecule has 0 aromatic heterocycles. The van der Waals surface area contributed by atoms with Crippen LogP contribution in [0.5, 0.6) is 0 Å². The van der Waals surface area contributed by atoms with Gasteiger partial charge in [-0.05, 0) is 5.56 Å². The highest BCUT2D eigenvalue weighted by atomic mass is 16.7. The summed E-state index contributed by atoms with van der Waals surface area (Å²) in [7, 11) is 0. The molecule has 0 saturated carbocycles. The summed E-state index contributed by atoms with van der Waals surface area (Å²) >= 11 is 0. The normalized spacial score (nSPS) is 20.7. The Morgan fingerprint density at radius 1 is 1.11 bits per heavy atom. The minimum absolute atomic E-state index is 0.150. The van der Waals surface area contributed by atoms with Crippen LogP contribution < -0.4 is 0 Å². The van der Waals surface area contributed by atoms with Crippen LogP contribution in [0.3, 0.4) is 0 Å². The van der Waals surface area contributed by atoms with Crippen molar-refractivity contribution in [1.82, 2.24) is 0 Å². The lowest BCUT2D eigenvalue weighted by molar-refractivity contribution is -0.788. The second kappa shape index (κ2) is 4.62. The zero-order valence-corrected chi connectivity index (χ0v) is 9.67. The molecule has 1 aromatic carbocycles. The lowest BCUT2D eigenvalue weighted by Crippen LogP contribution is -2.55. The van der Waals surface area contributed by atoms with Crippen molar-refractivity contribution in [1.29, 1.82) is 0 Å². The van der Waals surface area contributed by atoms with Crippen LogP contribution in [0.15, 0.2) is 48.6 Å². The van der Waals surface area contributed by atoms with E-state index in [1.165, 1.54) is 12.2 Å². The average Bonchev–Trinajstić information content (AvgIpc) is 2.39. The van der Waals surface area contributed by atoms with Crippen molar-refractivity contribution in [2.24, 2.45) is 0 Å². The van der Waals surface area contributed by atoms with Gasteiger partial charge in [0.25, 0.3) is 0 Å². The third-order valence-electron chi connectivity index (χ3n) is 3.01. The molecule has 1 N–H and O–H groups in total. The number of nitro groups is 2. The SMILES string of the molecule is O=[N+]([O-])C1([N+](=O)[O-])C=CC=C(c2ccccc2)C1O. The molecule has 2 rings (SSSR count). The summed E-state index contributed by atoms with van der Waals surface area (Å²) in [4.78, 5) is 19.9. The molecule has 0 aliphatic heterocycles. The molecule has 0 fully saturated rings. The van der Waals surface area contributed by atoms with Gasteiger partial charge in [-0.25, -0.2) is 0 Å². The zero-order valence-electron chi connectivity index (χ0n) is 9.67. The number of nitrogens with zero attached hydrogens (tertiary/aromatic N) is 2. The number of hydrogen-bond donors (Lipinski definition) is 1. The van der Waals surface area contributed by atoms with Crippen LogP contribution in [0.4, 0.5) is 0 Å². The molecule has 1 aliphatic rings. The van der Waals surface area contributed by atoms with Crippen molar-refractivity contribution in [2.45, 2.75) is 11.8 Å². The molecule has 0 spiro atoms. The van der Waals surface area contributed by atoms with Crippen molar-refractivity contribution in [3.63, 3.8) is 0 Å². The Labute approximate surface area is 107 Å². The third kappa shape index (κ3) is 1.89. The summed E-state index contributed by atoms with van der Waals surface area (Å²) in [5.41, 5.74) is -2.08. The highest BCUT2D eigenvalue weighted by molar-refractivity contribution is 5.72. The number of aliphatic hydroxyl groups excluding tert-OH is 1. The maximum Gasteiger partial charge on any atom is 0.506 e. The first-order valence-electron chi connectivity index (χ1n) is 5.42. The molecule has 7 nitrogen and oxygen atoms in total. The van der Waals surface area contributed by atoms with E-state index in [9.17, 15) is 25.3 Å². The summed E-state index contributed by atoms with van der Waals surface area (Å²) < 4.78 is 0. The van der Waals surface area contributed by atoms with E-state index in [1.54, 1.807) is 30.3 Å². The molecule has 7 heteroatoms. The predicted octanol–water partition coefficient (Wildman–Crippen LogP) is 1.25. The van der Waals surface area contributed by atoms with Crippen LogP contribution in [-0.4, -0.2) is 26.7 Å². The van der Waals surface area contributed by atoms with Crippen LogP contribution >= 0.6 is 0 Å².